The molecule has 3 N–H and O–H groups in total. The second-order valence-electron chi connectivity index (χ2n) is 10.5. The minimum atomic E-state index is -0.418. The van der Waals surface area contributed by atoms with Crippen molar-refractivity contribution in [1.29, 1.82) is 0 Å². The molecule has 2 aromatic heterocycles. The number of anilines is 3. The van der Waals surface area contributed by atoms with Gasteiger partial charge in [-0.2, -0.15) is 4.98 Å². The van der Waals surface area contributed by atoms with Gasteiger partial charge in [0, 0.05) is 56.0 Å². The number of aromatic nitrogens is 4. The van der Waals surface area contributed by atoms with Crippen molar-refractivity contribution in [3.8, 4) is 0 Å². The van der Waals surface area contributed by atoms with Gasteiger partial charge in [-0.15, -0.1) is 0 Å². The van der Waals surface area contributed by atoms with Crippen molar-refractivity contribution in [2.24, 2.45) is 11.7 Å². The van der Waals surface area contributed by atoms with Crippen molar-refractivity contribution in [3.05, 3.63) is 47.1 Å². The zero-order valence-electron chi connectivity index (χ0n) is 21.6. The minimum absolute atomic E-state index is 0.0532. The number of nitrogens with zero attached hydrogens (tertiary/aromatic N) is 6. The van der Waals surface area contributed by atoms with Crippen molar-refractivity contribution < 1.29 is 4.79 Å². The molecule has 1 aliphatic carbocycles. The van der Waals surface area contributed by atoms with Crippen LogP contribution >= 0.6 is 0 Å². The maximum absolute atomic E-state index is 12.6. The van der Waals surface area contributed by atoms with Crippen LogP contribution < -0.4 is 21.6 Å². The first kappa shape index (κ1) is 25.1. The molecule has 1 aliphatic heterocycles. The number of fused-ring (bicyclic) bond motifs is 1. The molecule has 0 spiro atoms. The average Bonchev–Trinajstić information content (AvgIpc) is 3.43. The lowest BCUT2D eigenvalue weighted by atomic mass is 10.0. The van der Waals surface area contributed by atoms with Gasteiger partial charge >= 0.3 is 5.69 Å². The van der Waals surface area contributed by atoms with E-state index in [1.165, 1.54) is 0 Å². The lowest BCUT2D eigenvalue weighted by Gasteiger charge is -2.37. The van der Waals surface area contributed by atoms with E-state index in [0.29, 0.717) is 37.0 Å². The molecule has 2 fully saturated rings. The summed E-state index contributed by atoms with van der Waals surface area (Å²) in [6.07, 6.45) is 8.16. The standard InChI is InChI=1S/C27H36N8O2/c1-18(2)15-23(28)25(36)34-13-11-33(12-14-34)21-9-7-20(8-10-21)31-26-29-16-19-17-30-27(37)35(24(19)32-26)22-5-3-4-6-22/h7-10,16-18,22-23H,3-6,11-15,28H2,1-2H3,(H,29,31,32). The number of amides is 1. The van der Waals surface area contributed by atoms with E-state index in [1.54, 1.807) is 17.0 Å². The quantitative estimate of drug-likeness (QED) is 0.503. The molecule has 1 saturated carbocycles. The second-order valence-corrected chi connectivity index (χ2v) is 10.5. The number of piperazine rings is 1. The SMILES string of the molecule is CC(C)CC(N)C(=O)N1CCN(c2ccc(Nc3ncc4cnc(=O)n(C5CCCC5)c4n3)cc2)CC1. The smallest absolute Gasteiger partial charge is 0.349 e. The van der Waals surface area contributed by atoms with Gasteiger partial charge in [-0.05, 0) is 49.4 Å². The summed E-state index contributed by atoms with van der Waals surface area (Å²) in [6.45, 7) is 7.06. The van der Waals surface area contributed by atoms with Gasteiger partial charge in [0.25, 0.3) is 0 Å². The predicted molar refractivity (Wildman–Crippen MR) is 145 cm³/mol. The van der Waals surface area contributed by atoms with Crippen LogP contribution in [0.25, 0.3) is 11.0 Å². The van der Waals surface area contributed by atoms with Crippen LogP contribution in [0, 0.1) is 5.92 Å². The van der Waals surface area contributed by atoms with E-state index in [4.69, 9.17) is 5.73 Å². The summed E-state index contributed by atoms with van der Waals surface area (Å²) in [5.41, 5.74) is 8.45. The summed E-state index contributed by atoms with van der Waals surface area (Å²) in [6, 6.07) is 7.84. The van der Waals surface area contributed by atoms with Crippen LogP contribution in [0.2, 0.25) is 0 Å². The summed E-state index contributed by atoms with van der Waals surface area (Å²) >= 11 is 0. The van der Waals surface area contributed by atoms with Gasteiger partial charge in [0.15, 0.2) is 5.65 Å². The molecule has 196 valence electrons. The van der Waals surface area contributed by atoms with Crippen LogP contribution in [0.5, 0.6) is 0 Å². The van der Waals surface area contributed by atoms with E-state index in [2.05, 4.69) is 51.1 Å². The molecule has 2 aliphatic rings. The molecule has 0 radical (unpaired) electrons. The molecule has 1 saturated heterocycles. The van der Waals surface area contributed by atoms with Crippen LogP contribution in [-0.4, -0.2) is 62.5 Å². The molecule has 1 unspecified atom stereocenters. The van der Waals surface area contributed by atoms with Gasteiger partial charge in [-0.25, -0.2) is 14.8 Å². The summed E-state index contributed by atoms with van der Waals surface area (Å²) in [5.74, 6) is 0.904. The molecular weight excluding hydrogens is 468 g/mol. The fourth-order valence-corrected chi connectivity index (χ4v) is 5.41. The normalized spacial score (nSPS) is 17.5. The summed E-state index contributed by atoms with van der Waals surface area (Å²) in [5, 5.41) is 4.03. The number of hydrogen-bond acceptors (Lipinski definition) is 8. The van der Waals surface area contributed by atoms with E-state index in [9.17, 15) is 9.59 Å². The molecule has 3 heterocycles. The van der Waals surface area contributed by atoms with Gasteiger partial charge < -0.3 is 20.9 Å². The van der Waals surface area contributed by atoms with E-state index in [0.717, 1.165) is 55.5 Å². The Bertz CT molecular complexity index is 1290. The average molecular weight is 505 g/mol. The van der Waals surface area contributed by atoms with Gasteiger partial charge in [0.2, 0.25) is 11.9 Å². The van der Waals surface area contributed by atoms with Crippen molar-refractivity contribution in [3.63, 3.8) is 0 Å². The topological polar surface area (TPSA) is 122 Å². The number of nitrogens with two attached hydrogens (primary N) is 1. The summed E-state index contributed by atoms with van der Waals surface area (Å²) < 4.78 is 1.73. The molecule has 5 rings (SSSR count). The number of benzene rings is 1. The van der Waals surface area contributed by atoms with Crippen LogP contribution in [0.4, 0.5) is 17.3 Å². The lowest BCUT2D eigenvalue weighted by molar-refractivity contribution is -0.133. The zero-order chi connectivity index (χ0) is 25.9. The van der Waals surface area contributed by atoms with E-state index in [1.807, 2.05) is 17.0 Å². The lowest BCUT2D eigenvalue weighted by Crippen LogP contribution is -2.53. The zero-order valence-corrected chi connectivity index (χ0v) is 21.6. The Morgan fingerprint density at radius 3 is 2.41 bits per heavy atom. The molecule has 10 heteroatoms. The van der Waals surface area contributed by atoms with Crippen molar-refractivity contribution >= 4 is 34.3 Å². The Kier molecular flexibility index (Phi) is 7.36. The van der Waals surface area contributed by atoms with Crippen LogP contribution in [-0.2, 0) is 4.79 Å². The molecular formula is C27H36N8O2. The fourth-order valence-electron chi connectivity index (χ4n) is 5.41. The van der Waals surface area contributed by atoms with E-state index < -0.39 is 6.04 Å². The van der Waals surface area contributed by atoms with Gasteiger partial charge in [0.1, 0.15) is 0 Å². The maximum atomic E-state index is 12.6. The first-order chi connectivity index (χ1) is 17.9. The number of nitrogens with one attached hydrogen (secondary N) is 1. The largest absolute Gasteiger partial charge is 0.368 e. The highest BCUT2D eigenvalue weighted by atomic mass is 16.2. The molecule has 10 nitrogen and oxygen atoms in total. The third kappa shape index (κ3) is 5.58. The molecule has 1 aromatic carbocycles. The molecule has 3 aromatic rings. The second kappa shape index (κ2) is 10.8. The Morgan fingerprint density at radius 1 is 1.05 bits per heavy atom. The Hall–Kier alpha value is -3.53. The maximum Gasteiger partial charge on any atom is 0.349 e. The number of rotatable bonds is 7. The first-order valence-corrected chi connectivity index (χ1v) is 13.3. The van der Waals surface area contributed by atoms with Crippen molar-refractivity contribution in [2.45, 2.75) is 58.0 Å². The van der Waals surface area contributed by atoms with Crippen LogP contribution in [0.3, 0.4) is 0 Å². The molecule has 37 heavy (non-hydrogen) atoms. The highest BCUT2D eigenvalue weighted by Gasteiger charge is 2.26. The molecule has 1 amide bonds. The fraction of sp³-hybridized carbons (Fsp3) is 0.519. The Balaban J connectivity index is 1.24. The summed E-state index contributed by atoms with van der Waals surface area (Å²) in [7, 11) is 0. The first-order valence-electron chi connectivity index (χ1n) is 13.3. The van der Waals surface area contributed by atoms with Crippen LogP contribution in [0.1, 0.15) is 52.0 Å². The monoisotopic (exact) mass is 504 g/mol. The van der Waals surface area contributed by atoms with Crippen LogP contribution in [0.15, 0.2) is 41.5 Å². The van der Waals surface area contributed by atoms with E-state index in [-0.39, 0.29) is 17.6 Å². The van der Waals surface area contributed by atoms with Gasteiger partial charge in [-0.1, -0.05) is 26.7 Å². The third-order valence-corrected chi connectivity index (χ3v) is 7.36. The molecule has 0 bridgehead atoms. The Labute approximate surface area is 216 Å². The number of hydrogen-bond donors (Lipinski definition) is 2. The van der Waals surface area contributed by atoms with Gasteiger partial charge in [-0.3, -0.25) is 9.36 Å². The van der Waals surface area contributed by atoms with Gasteiger partial charge in [0.05, 0.1) is 11.4 Å². The molecule has 1 atom stereocenters. The highest BCUT2D eigenvalue weighted by molar-refractivity contribution is 5.82. The Morgan fingerprint density at radius 2 is 1.73 bits per heavy atom. The number of carbonyl (C=O) groups is 1. The number of carbonyl (C=O) groups excluding carboxylic acids is 1. The van der Waals surface area contributed by atoms with E-state index >= 15 is 0 Å². The summed E-state index contributed by atoms with van der Waals surface area (Å²) in [4.78, 5) is 42.5. The highest BCUT2D eigenvalue weighted by Crippen LogP contribution is 2.30. The predicted octanol–water partition coefficient (Wildman–Crippen LogP) is 3.07. The minimum Gasteiger partial charge on any atom is -0.368 e. The van der Waals surface area contributed by atoms with Crippen molar-refractivity contribution in [2.75, 3.05) is 36.4 Å². The van der Waals surface area contributed by atoms with Crippen molar-refractivity contribution in [1.82, 2.24) is 24.4 Å². The third-order valence-electron chi connectivity index (χ3n) is 7.36.